The molecule has 42 heavy (non-hydrogen) atoms. The molecule has 0 saturated carbocycles. The van der Waals surface area contributed by atoms with E-state index in [2.05, 4.69) is 20.4 Å². The Morgan fingerprint density at radius 2 is 2.00 bits per heavy atom. The van der Waals surface area contributed by atoms with E-state index in [1.807, 2.05) is 17.9 Å². The Morgan fingerprint density at radius 3 is 2.62 bits per heavy atom. The van der Waals surface area contributed by atoms with Crippen LogP contribution in [0.15, 0.2) is 36.5 Å². The van der Waals surface area contributed by atoms with E-state index in [9.17, 15) is 23.1 Å². The Hall–Kier alpha value is -3.87. The van der Waals surface area contributed by atoms with Crippen molar-refractivity contribution in [3.8, 4) is 11.6 Å². The number of nitrogens with one attached hydrogen (secondary N) is 1. The molecule has 226 valence electrons. The third kappa shape index (κ3) is 6.45. The quantitative estimate of drug-likeness (QED) is 0.328. The number of carboxylic acid groups (broad SMARTS) is 1. The van der Waals surface area contributed by atoms with Gasteiger partial charge in [-0.25, -0.2) is 4.68 Å². The van der Waals surface area contributed by atoms with Gasteiger partial charge in [0.2, 0.25) is 17.9 Å². The number of aliphatic carboxylic acids is 1. The summed E-state index contributed by atoms with van der Waals surface area (Å²) in [5.41, 5.74) is 7.46. The largest absolute Gasteiger partial charge is 0.480 e. The molecular weight excluding hydrogens is 551 g/mol. The maximum atomic E-state index is 14.7. The number of ether oxygens (including phenoxy) is 1. The van der Waals surface area contributed by atoms with Crippen LogP contribution in [0.25, 0.3) is 5.69 Å². The van der Waals surface area contributed by atoms with Crippen molar-refractivity contribution in [1.29, 1.82) is 0 Å². The number of halogens is 3. The third-order valence-corrected chi connectivity index (χ3v) is 8.21. The number of unbranched alkanes of at least 4 members (excludes halogenated alkanes) is 1. The van der Waals surface area contributed by atoms with Crippen molar-refractivity contribution in [2.24, 2.45) is 5.41 Å². The lowest BCUT2D eigenvalue weighted by Crippen LogP contribution is -2.41. The number of hydrogen-bond donors (Lipinski definition) is 3. The van der Waals surface area contributed by atoms with Crippen LogP contribution >= 0.6 is 0 Å². The van der Waals surface area contributed by atoms with Crippen LogP contribution < -0.4 is 20.7 Å². The van der Waals surface area contributed by atoms with Crippen molar-refractivity contribution in [1.82, 2.24) is 25.1 Å². The monoisotopic (exact) mass is 587 g/mol. The summed E-state index contributed by atoms with van der Waals surface area (Å²) in [6.07, 6.45) is -1.13. The summed E-state index contributed by atoms with van der Waals surface area (Å²) in [6.45, 7) is 5.51. The highest BCUT2D eigenvalue weighted by Gasteiger charge is 2.46. The second-order valence-corrected chi connectivity index (χ2v) is 11.3. The van der Waals surface area contributed by atoms with Crippen LogP contribution in [0.2, 0.25) is 0 Å². The zero-order chi connectivity index (χ0) is 30.1. The summed E-state index contributed by atoms with van der Waals surface area (Å²) < 4.78 is 51.2. The van der Waals surface area contributed by atoms with Gasteiger partial charge in [0.25, 0.3) is 0 Å². The van der Waals surface area contributed by atoms with Gasteiger partial charge in [-0.2, -0.15) is 28.2 Å². The van der Waals surface area contributed by atoms with Gasteiger partial charge in [-0.15, -0.1) is 0 Å². The van der Waals surface area contributed by atoms with E-state index in [1.54, 1.807) is 25.3 Å². The Balaban J connectivity index is 1.42. The first kappa shape index (κ1) is 29.6. The molecule has 0 amide bonds. The number of nitrogen functional groups attached to an aromatic ring is 1. The summed E-state index contributed by atoms with van der Waals surface area (Å²) in [6, 6.07) is 7.55. The van der Waals surface area contributed by atoms with E-state index in [1.165, 1.54) is 16.8 Å². The summed E-state index contributed by atoms with van der Waals surface area (Å²) >= 11 is 0. The topological polar surface area (TPSA) is 131 Å². The Labute approximate surface area is 242 Å². The number of aromatic nitrogens is 4. The molecule has 1 aromatic carbocycles. The molecule has 5 rings (SSSR count). The molecule has 4 heterocycles. The van der Waals surface area contributed by atoms with Crippen LogP contribution in [0.3, 0.4) is 0 Å². The van der Waals surface area contributed by atoms with Crippen molar-refractivity contribution in [3.63, 3.8) is 0 Å². The number of carboxylic acids is 1. The number of piperidine rings is 1. The molecule has 2 unspecified atom stereocenters. The molecule has 2 atom stereocenters. The van der Waals surface area contributed by atoms with Gasteiger partial charge in [0.05, 0.1) is 11.4 Å². The number of hydrogen-bond acceptors (Lipinski definition) is 8. The number of nitrogens with zero attached hydrogens (tertiary/aromatic N) is 5. The first-order valence-corrected chi connectivity index (χ1v) is 14.2. The van der Waals surface area contributed by atoms with Gasteiger partial charge in [0.15, 0.2) is 0 Å². The van der Waals surface area contributed by atoms with Crippen LogP contribution in [0.4, 0.5) is 24.9 Å². The fourth-order valence-electron chi connectivity index (χ4n) is 5.87. The Bertz CT molecular complexity index is 1420. The first-order chi connectivity index (χ1) is 20.0. The number of alkyl halides is 3. The second kappa shape index (κ2) is 11.8. The van der Waals surface area contributed by atoms with Gasteiger partial charge in [-0.1, -0.05) is 19.4 Å². The number of anilines is 2. The molecule has 1 spiro atoms. The zero-order valence-corrected chi connectivity index (χ0v) is 23.7. The molecule has 2 saturated heterocycles. The Kier molecular flexibility index (Phi) is 8.31. The summed E-state index contributed by atoms with van der Waals surface area (Å²) in [4.78, 5) is 21.6. The van der Waals surface area contributed by atoms with Gasteiger partial charge in [-0.05, 0) is 68.2 Å². The highest BCUT2D eigenvalue weighted by atomic mass is 19.4. The maximum absolute atomic E-state index is 14.7. The fourth-order valence-corrected chi connectivity index (χ4v) is 5.87. The fraction of sp³-hybridized carbons (Fsp3) is 0.517. The molecule has 2 fully saturated rings. The van der Waals surface area contributed by atoms with Gasteiger partial charge < -0.3 is 25.8 Å². The van der Waals surface area contributed by atoms with E-state index in [4.69, 9.17) is 10.5 Å². The number of benzene rings is 1. The van der Waals surface area contributed by atoms with Crippen LogP contribution in [-0.2, 0) is 11.2 Å². The highest BCUT2D eigenvalue weighted by Crippen LogP contribution is 2.42. The third-order valence-electron chi connectivity index (χ3n) is 8.21. The minimum absolute atomic E-state index is 0.0698. The first-order valence-electron chi connectivity index (χ1n) is 14.2. The van der Waals surface area contributed by atoms with E-state index >= 15 is 0 Å². The van der Waals surface area contributed by atoms with Crippen molar-refractivity contribution in [2.75, 3.05) is 30.3 Å². The maximum Gasteiger partial charge on any atom is 0.429 e. The highest BCUT2D eigenvalue weighted by molar-refractivity contribution is 5.74. The summed E-state index contributed by atoms with van der Waals surface area (Å²) in [5.74, 6) is -0.971. The smallest absolute Gasteiger partial charge is 0.429 e. The molecule has 0 radical (unpaired) electrons. The van der Waals surface area contributed by atoms with Crippen molar-refractivity contribution >= 4 is 17.7 Å². The predicted molar refractivity (Wildman–Crippen MR) is 151 cm³/mol. The molecule has 2 aromatic heterocycles. The lowest BCUT2D eigenvalue weighted by molar-refractivity contribution is -0.198. The van der Waals surface area contributed by atoms with E-state index in [-0.39, 0.29) is 28.5 Å². The molecule has 2 aliphatic heterocycles. The molecule has 3 aromatic rings. The number of nitrogens with two attached hydrogens (primary N) is 1. The Morgan fingerprint density at radius 1 is 1.24 bits per heavy atom. The number of aryl methyl sites for hydroxylation is 2. The van der Waals surface area contributed by atoms with Crippen LogP contribution in [-0.4, -0.2) is 62.7 Å². The zero-order valence-electron chi connectivity index (χ0n) is 23.7. The minimum Gasteiger partial charge on any atom is -0.480 e. The summed E-state index contributed by atoms with van der Waals surface area (Å²) in [7, 11) is 0. The lowest BCUT2D eigenvalue weighted by atomic mass is 9.76. The van der Waals surface area contributed by atoms with E-state index in [0.29, 0.717) is 56.8 Å². The van der Waals surface area contributed by atoms with Gasteiger partial charge in [0, 0.05) is 37.5 Å². The molecule has 10 nitrogen and oxygen atoms in total. The van der Waals surface area contributed by atoms with Gasteiger partial charge in [0.1, 0.15) is 11.9 Å². The molecule has 2 aliphatic rings. The summed E-state index contributed by atoms with van der Waals surface area (Å²) in [5, 5.41) is 16.8. The van der Waals surface area contributed by atoms with Crippen LogP contribution in [0.5, 0.6) is 5.88 Å². The van der Waals surface area contributed by atoms with Gasteiger partial charge >= 0.3 is 12.1 Å². The average molecular weight is 588 g/mol. The van der Waals surface area contributed by atoms with E-state index < -0.39 is 24.3 Å². The normalized spacial score (nSPS) is 19.3. The average Bonchev–Trinajstić information content (AvgIpc) is 3.56. The predicted octanol–water partition coefficient (Wildman–Crippen LogP) is 4.61. The number of carbonyl (C=O) groups is 1. The lowest BCUT2D eigenvalue weighted by Gasteiger charge is -2.39. The molecular formula is C29H36F3N7O3. The van der Waals surface area contributed by atoms with Crippen molar-refractivity contribution in [2.45, 2.75) is 70.7 Å². The van der Waals surface area contributed by atoms with Crippen LogP contribution in [0, 0.1) is 12.3 Å². The second-order valence-electron chi connectivity index (χ2n) is 11.3. The molecule has 0 aliphatic carbocycles. The SMILES string of the molecule is CCCCc1ccc(-n2ccc(C)n2)c(C(Oc2cc(N3CCC4(CC3)CNC(C(=O)O)C4)nc(N)n2)C(F)(F)F)c1. The van der Waals surface area contributed by atoms with Crippen molar-refractivity contribution in [3.05, 3.63) is 53.3 Å². The van der Waals surface area contributed by atoms with Crippen LogP contribution in [0.1, 0.15) is 62.0 Å². The van der Waals surface area contributed by atoms with Gasteiger partial charge in [-0.3, -0.25) is 4.79 Å². The van der Waals surface area contributed by atoms with Crippen molar-refractivity contribution < 1.29 is 27.8 Å². The standard InChI is InChI=1S/C29H36F3N7O3/c1-3-4-5-19-6-7-22(39-11-8-18(2)37-39)20(14-19)25(29(30,31)32)42-24-15-23(35-27(33)36-24)38-12-9-28(10-13-38)16-21(26(40)41)34-17-28/h6-8,11,14-15,21,25,34H,3-5,9-10,12-13,16-17H2,1-2H3,(H,40,41)(H2,33,35,36). The van der Waals surface area contributed by atoms with E-state index in [0.717, 1.165) is 18.4 Å². The molecule has 4 N–H and O–H groups in total. The molecule has 0 bridgehead atoms. The number of rotatable bonds is 9. The molecule has 13 heteroatoms. The minimum atomic E-state index is -4.77.